The summed E-state index contributed by atoms with van der Waals surface area (Å²) in [7, 11) is 0. The van der Waals surface area contributed by atoms with Crippen molar-refractivity contribution in [2.24, 2.45) is 11.8 Å². The van der Waals surface area contributed by atoms with Crippen LogP contribution in [-0.2, 0) is 4.74 Å². The van der Waals surface area contributed by atoms with E-state index in [9.17, 15) is 0 Å². The van der Waals surface area contributed by atoms with Gasteiger partial charge in [0.2, 0.25) is 0 Å². The van der Waals surface area contributed by atoms with E-state index >= 15 is 0 Å². The van der Waals surface area contributed by atoms with Crippen LogP contribution in [-0.4, -0.2) is 6.61 Å². The molecular weight excluding hydrogens is 148 g/mol. The minimum absolute atomic E-state index is 0.800. The van der Waals surface area contributed by atoms with Gasteiger partial charge in [0.05, 0.1) is 6.61 Å². The van der Waals surface area contributed by atoms with Gasteiger partial charge >= 0.3 is 0 Å². The Kier molecular flexibility index (Phi) is 4.67. The van der Waals surface area contributed by atoms with Crippen LogP contribution in [0, 0.1) is 18.4 Å². The van der Waals surface area contributed by atoms with Gasteiger partial charge in [0.1, 0.15) is 0 Å². The Labute approximate surface area is 76.5 Å². The van der Waals surface area contributed by atoms with Gasteiger partial charge in [-0.2, -0.15) is 0 Å². The van der Waals surface area contributed by atoms with Crippen molar-refractivity contribution in [1.82, 2.24) is 0 Å². The van der Waals surface area contributed by atoms with E-state index in [0.29, 0.717) is 0 Å². The summed E-state index contributed by atoms with van der Waals surface area (Å²) in [5, 5.41) is 0. The van der Waals surface area contributed by atoms with Gasteiger partial charge in [-0.05, 0) is 37.5 Å². The second kappa shape index (κ2) is 5.58. The van der Waals surface area contributed by atoms with Crippen LogP contribution < -0.4 is 0 Å². The van der Waals surface area contributed by atoms with Gasteiger partial charge in [-0.25, -0.2) is 0 Å². The first kappa shape index (κ1) is 10.0. The second-order valence-corrected chi connectivity index (χ2v) is 4.27. The number of hydrogen-bond donors (Lipinski definition) is 0. The van der Waals surface area contributed by atoms with Crippen LogP contribution in [0.25, 0.3) is 0 Å². The minimum atomic E-state index is 0.800. The molecule has 0 atom stereocenters. The first-order chi connectivity index (χ1) is 5.79. The summed E-state index contributed by atoms with van der Waals surface area (Å²) in [5.41, 5.74) is 0. The molecule has 0 spiro atoms. The lowest BCUT2D eigenvalue weighted by Crippen LogP contribution is -2.16. The maximum Gasteiger partial charge on any atom is 0.0836 e. The molecule has 1 aliphatic rings. The molecule has 1 aliphatic carbocycles. The van der Waals surface area contributed by atoms with Crippen LogP contribution in [0.1, 0.15) is 46.0 Å². The fraction of sp³-hybridized carbons (Fsp3) is 0.909. The van der Waals surface area contributed by atoms with Crippen LogP contribution in [0.3, 0.4) is 0 Å². The summed E-state index contributed by atoms with van der Waals surface area (Å²) in [6, 6.07) is 0. The van der Waals surface area contributed by atoms with E-state index in [1.165, 1.54) is 25.7 Å². The zero-order chi connectivity index (χ0) is 8.81. The Morgan fingerprint density at radius 3 is 2.67 bits per heavy atom. The van der Waals surface area contributed by atoms with Gasteiger partial charge in [0, 0.05) is 6.61 Å². The predicted octanol–water partition coefficient (Wildman–Crippen LogP) is 3.40. The lowest BCUT2D eigenvalue weighted by atomic mass is 9.86. The molecule has 1 radical (unpaired) electrons. The van der Waals surface area contributed by atoms with E-state index in [4.69, 9.17) is 4.74 Å². The van der Waals surface area contributed by atoms with Crippen LogP contribution in [0.2, 0.25) is 0 Å². The molecule has 0 N–H and O–H groups in total. The Bertz CT molecular complexity index is 106. The summed E-state index contributed by atoms with van der Waals surface area (Å²) >= 11 is 0. The fourth-order valence-electron chi connectivity index (χ4n) is 1.35. The largest absolute Gasteiger partial charge is 0.375 e. The summed E-state index contributed by atoms with van der Waals surface area (Å²) in [5.74, 6) is 1.67. The van der Waals surface area contributed by atoms with Gasteiger partial charge in [-0.1, -0.05) is 20.3 Å². The Balaban J connectivity index is 1.76. The molecule has 0 aromatic carbocycles. The smallest absolute Gasteiger partial charge is 0.0836 e. The van der Waals surface area contributed by atoms with Gasteiger partial charge in [-0.15, -0.1) is 0 Å². The fourth-order valence-corrected chi connectivity index (χ4v) is 1.35. The summed E-state index contributed by atoms with van der Waals surface area (Å²) < 4.78 is 5.46. The van der Waals surface area contributed by atoms with E-state index in [2.05, 4.69) is 13.8 Å². The van der Waals surface area contributed by atoms with Crippen molar-refractivity contribution in [2.75, 3.05) is 6.61 Å². The summed E-state index contributed by atoms with van der Waals surface area (Å²) in [6.45, 7) is 7.47. The Hall–Kier alpha value is -0.0400. The first-order valence-corrected chi connectivity index (χ1v) is 5.22. The lowest BCUT2D eigenvalue weighted by molar-refractivity contribution is 0.108. The molecule has 0 heterocycles. The highest BCUT2D eigenvalue weighted by Crippen LogP contribution is 2.26. The molecule has 0 bridgehead atoms. The lowest BCUT2D eigenvalue weighted by Gasteiger charge is -2.24. The maximum absolute atomic E-state index is 5.46. The van der Waals surface area contributed by atoms with E-state index in [1.807, 2.05) is 6.61 Å². The standard InChI is InChI=1S/C11H21O/c1-10(2)5-4-8-12-9-11-6-3-7-11/h8,10-11H,3-7,9H2,1-2H3. The van der Waals surface area contributed by atoms with Crippen molar-refractivity contribution >= 4 is 0 Å². The first-order valence-electron chi connectivity index (χ1n) is 5.22. The molecule has 1 heteroatoms. The SMILES string of the molecule is CC(C)CC[CH]OCC1CCC1. The molecule has 0 unspecified atom stereocenters. The molecule has 1 nitrogen and oxygen atoms in total. The predicted molar refractivity (Wildman–Crippen MR) is 51.7 cm³/mol. The van der Waals surface area contributed by atoms with E-state index in [-0.39, 0.29) is 0 Å². The van der Waals surface area contributed by atoms with Crippen molar-refractivity contribution in [3.05, 3.63) is 6.61 Å². The van der Waals surface area contributed by atoms with Crippen molar-refractivity contribution in [1.29, 1.82) is 0 Å². The zero-order valence-electron chi connectivity index (χ0n) is 8.38. The van der Waals surface area contributed by atoms with Gasteiger partial charge in [-0.3, -0.25) is 0 Å². The minimum Gasteiger partial charge on any atom is -0.375 e. The molecule has 0 amide bonds. The monoisotopic (exact) mass is 169 g/mol. The highest BCUT2D eigenvalue weighted by Gasteiger charge is 2.16. The molecule has 0 aromatic rings. The van der Waals surface area contributed by atoms with Crippen LogP contribution in [0.4, 0.5) is 0 Å². The third-order valence-electron chi connectivity index (χ3n) is 2.54. The topological polar surface area (TPSA) is 9.23 Å². The van der Waals surface area contributed by atoms with Crippen molar-refractivity contribution in [3.8, 4) is 0 Å². The molecule has 0 aromatic heterocycles. The summed E-state index contributed by atoms with van der Waals surface area (Å²) in [4.78, 5) is 0. The Morgan fingerprint density at radius 2 is 2.17 bits per heavy atom. The average molecular weight is 169 g/mol. The molecule has 0 aliphatic heterocycles. The highest BCUT2D eigenvalue weighted by molar-refractivity contribution is 4.69. The molecule has 71 valence electrons. The normalized spacial score (nSPS) is 18.2. The van der Waals surface area contributed by atoms with Crippen molar-refractivity contribution in [3.63, 3.8) is 0 Å². The molecule has 0 saturated heterocycles. The highest BCUT2D eigenvalue weighted by atomic mass is 16.5. The van der Waals surface area contributed by atoms with Crippen molar-refractivity contribution in [2.45, 2.75) is 46.0 Å². The zero-order valence-corrected chi connectivity index (χ0v) is 8.38. The van der Waals surface area contributed by atoms with Crippen LogP contribution in [0.5, 0.6) is 0 Å². The Morgan fingerprint density at radius 1 is 1.42 bits per heavy atom. The van der Waals surface area contributed by atoms with Crippen LogP contribution >= 0.6 is 0 Å². The van der Waals surface area contributed by atoms with Crippen LogP contribution in [0.15, 0.2) is 0 Å². The third kappa shape index (κ3) is 4.10. The molecule has 1 rings (SSSR count). The van der Waals surface area contributed by atoms with Gasteiger partial charge < -0.3 is 4.74 Å². The average Bonchev–Trinajstić information content (AvgIpc) is 1.92. The van der Waals surface area contributed by atoms with E-state index in [1.54, 1.807) is 0 Å². The van der Waals surface area contributed by atoms with Gasteiger partial charge in [0.25, 0.3) is 0 Å². The molecule has 12 heavy (non-hydrogen) atoms. The van der Waals surface area contributed by atoms with E-state index in [0.717, 1.165) is 24.9 Å². The quantitative estimate of drug-likeness (QED) is 0.554. The third-order valence-corrected chi connectivity index (χ3v) is 2.54. The molecule has 1 fully saturated rings. The second-order valence-electron chi connectivity index (χ2n) is 4.27. The molecular formula is C11H21O. The maximum atomic E-state index is 5.46. The number of rotatable bonds is 6. The number of ether oxygens (including phenoxy) is 1. The summed E-state index contributed by atoms with van der Waals surface area (Å²) in [6.07, 6.45) is 6.56. The number of hydrogen-bond acceptors (Lipinski definition) is 1. The van der Waals surface area contributed by atoms with E-state index < -0.39 is 0 Å². The van der Waals surface area contributed by atoms with Gasteiger partial charge in [0.15, 0.2) is 0 Å². The molecule has 1 saturated carbocycles. The van der Waals surface area contributed by atoms with Crippen molar-refractivity contribution < 1.29 is 4.74 Å².